The van der Waals surface area contributed by atoms with E-state index in [2.05, 4.69) is 0 Å². The van der Waals surface area contributed by atoms with E-state index in [1.165, 1.54) is 0 Å². The van der Waals surface area contributed by atoms with Crippen LogP contribution in [-0.2, 0) is 10.3 Å². The molecule has 0 spiro atoms. The topological polar surface area (TPSA) is 42.6 Å². The summed E-state index contributed by atoms with van der Waals surface area (Å²) in [4.78, 5) is 0. The Labute approximate surface area is 146 Å². The van der Waals surface area contributed by atoms with Crippen LogP contribution in [0.3, 0.4) is 0 Å². The van der Waals surface area contributed by atoms with Crippen LogP contribution in [0.5, 0.6) is 0 Å². The molecule has 1 aromatic carbocycles. The third kappa shape index (κ3) is 2.19. The molecule has 1 N–H and O–H groups in total. The van der Waals surface area contributed by atoms with Crippen LogP contribution < -0.4 is 0 Å². The zero-order chi connectivity index (χ0) is 17.3. The first kappa shape index (κ1) is 15.9. The number of ether oxygens (including phenoxy) is 1. The molecule has 1 aliphatic carbocycles. The number of fused-ring (bicyclic) bond motifs is 5. The van der Waals surface area contributed by atoms with Gasteiger partial charge in [0.15, 0.2) is 5.79 Å². The van der Waals surface area contributed by atoms with E-state index in [-0.39, 0.29) is 5.92 Å². The first-order valence-corrected chi connectivity index (χ1v) is 8.59. The number of allylic oxidation sites excluding steroid dienone is 1. The van der Waals surface area contributed by atoms with Gasteiger partial charge in [-0.1, -0.05) is 23.7 Å². The van der Waals surface area contributed by atoms with Crippen molar-refractivity contribution in [2.75, 3.05) is 0 Å². The summed E-state index contributed by atoms with van der Waals surface area (Å²) < 4.78 is 12.3. The molecule has 24 heavy (non-hydrogen) atoms. The second-order valence-corrected chi connectivity index (χ2v) is 7.78. The third-order valence-electron chi connectivity index (χ3n) is 5.13. The van der Waals surface area contributed by atoms with Gasteiger partial charge in [-0.2, -0.15) is 0 Å². The number of furan rings is 1. The van der Waals surface area contributed by atoms with Gasteiger partial charge in [-0.25, -0.2) is 0 Å². The Kier molecular flexibility index (Phi) is 3.31. The van der Waals surface area contributed by atoms with Crippen molar-refractivity contribution in [1.29, 1.82) is 0 Å². The number of hydrogen-bond donors (Lipinski definition) is 1. The molecule has 0 saturated heterocycles. The Hall–Kier alpha value is -1.55. The van der Waals surface area contributed by atoms with E-state index in [1.807, 2.05) is 58.0 Å². The lowest BCUT2D eigenvalue weighted by Gasteiger charge is -2.47. The van der Waals surface area contributed by atoms with Crippen molar-refractivity contribution < 1.29 is 14.3 Å². The van der Waals surface area contributed by atoms with Gasteiger partial charge in [-0.05, 0) is 62.6 Å². The maximum atomic E-state index is 11.4. The van der Waals surface area contributed by atoms with Gasteiger partial charge >= 0.3 is 0 Å². The van der Waals surface area contributed by atoms with Gasteiger partial charge in [-0.15, -0.1) is 0 Å². The minimum absolute atomic E-state index is 0.379. The van der Waals surface area contributed by atoms with Crippen LogP contribution in [0.1, 0.15) is 61.3 Å². The highest BCUT2D eigenvalue weighted by molar-refractivity contribution is 6.30. The van der Waals surface area contributed by atoms with E-state index in [0.29, 0.717) is 11.4 Å². The first-order chi connectivity index (χ1) is 11.2. The van der Waals surface area contributed by atoms with E-state index >= 15 is 0 Å². The summed E-state index contributed by atoms with van der Waals surface area (Å²) in [5, 5.41) is 12.1. The molecular weight excluding hydrogens is 324 g/mol. The molecule has 2 atom stereocenters. The fourth-order valence-electron chi connectivity index (χ4n) is 4.07. The minimum atomic E-state index is -1.35. The standard InChI is InChI=1S/C20H21ClO3/c1-11-7-8-20(22)17(18-15(11)9-12(2)23-18)14-6-5-13(21)10-16(14)19(3,4)24-20/h5-7,9-10,17,22H,8H2,1-4H3/t17-,20+/m0/s1. The predicted octanol–water partition coefficient (Wildman–Crippen LogP) is 5.13. The summed E-state index contributed by atoms with van der Waals surface area (Å²) in [6.07, 6.45) is 2.45. The number of aryl methyl sites for hydroxylation is 1. The fraction of sp³-hybridized carbons (Fsp3) is 0.400. The van der Waals surface area contributed by atoms with Crippen molar-refractivity contribution in [2.45, 2.75) is 51.4 Å². The highest BCUT2D eigenvalue weighted by Gasteiger charge is 2.52. The molecule has 0 amide bonds. The van der Waals surface area contributed by atoms with E-state index < -0.39 is 11.4 Å². The van der Waals surface area contributed by atoms with Crippen molar-refractivity contribution in [3.8, 4) is 0 Å². The molecule has 0 bridgehead atoms. The summed E-state index contributed by atoms with van der Waals surface area (Å²) in [6, 6.07) is 7.81. The zero-order valence-electron chi connectivity index (χ0n) is 14.3. The van der Waals surface area contributed by atoms with Gasteiger partial charge in [0.05, 0.1) is 11.5 Å². The van der Waals surface area contributed by atoms with Crippen LogP contribution in [0.15, 0.2) is 34.8 Å². The Morgan fingerprint density at radius 3 is 2.71 bits per heavy atom. The lowest BCUT2D eigenvalue weighted by atomic mass is 9.76. The monoisotopic (exact) mass is 344 g/mol. The summed E-state index contributed by atoms with van der Waals surface area (Å²) in [7, 11) is 0. The summed E-state index contributed by atoms with van der Waals surface area (Å²) in [6.45, 7) is 7.90. The highest BCUT2D eigenvalue weighted by Crippen LogP contribution is 2.53. The van der Waals surface area contributed by atoms with Gasteiger partial charge in [0.1, 0.15) is 11.5 Å². The van der Waals surface area contributed by atoms with Crippen molar-refractivity contribution >= 4 is 17.2 Å². The molecule has 0 saturated carbocycles. The van der Waals surface area contributed by atoms with Crippen molar-refractivity contribution in [3.05, 3.63) is 63.6 Å². The van der Waals surface area contributed by atoms with Crippen LogP contribution >= 0.6 is 11.6 Å². The average molecular weight is 345 g/mol. The third-order valence-corrected chi connectivity index (χ3v) is 5.36. The van der Waals surface area contributed by atoms with Gasteiger partial charge in [-0.3, -0.25) is 0 Å². The Morgan fingerprint density at radius 2 is 1.96 bits per heavy atom. The van der Waals surface area contributed by atoms with Crippen molar-refractivity contribution in [1.82, 2.24) is 0 Å². The fourth-order valence-corrected chi connectivity index (χ4v) is 4.24. The Balaban J connectivity index is 2.04. The van der Waals surface area contributed by atoms with Gasteiger partial charge in [0.25, 0.3) is 0 Å². The molecule has 1 aliphatic heterocycles. The second kappa shape index (κ2) is 4.98. The number of aliphatic hydroxyl groups is 1. The predicted molar refractivity (Wildman–Crippen MR) is 94.1 cm³/mol. The molecule has 0 unspecified atom stereocenters. The molecule has 2 aromatic rings. The maximum absolute atomic E-state index is 11.4. The molecule has 0 fully saturated rings. The van der Waals surface area contributed by atoms with Crippen LogP contribution in [0.2, 0.25) is 5.02 Å². The van der Waals surface area contributed by atoms with Gasteiger partial charge < -0.3 is 14.3 Å². The minimum Gasteiger partial charge on any atom is -0.465 e. The Morgan fingerprint density at radius 1 is 1.21 bits per heavy atom. The normalized spacial score (nSPS) is 27.6. The number of rotatable bonds is 0. The summed E-state index contributed by atoms with van der Waals surface area (Å²) >= 11 is 6.22. The SMILES string of the molecule is CC1=CC[C@@]2(O)OC(C)(C)c3cc(Cl)ccc3[C@H]2c2oc(C)cc21. The van der Waals surface area contributed by atoms with Gasteiger partial charge in [0, 0.05) is 17.0 Å². The molecule has 4 rings (SSSR count). The zero-order valence-corrected chi connectivity index (χ0v) is 15.1. The molecular formula is C20H21ClO3. The molecule has 4 heteroatoms. The Bertz CT molecular complexity index is 862. The van der Waals surface area contributed by atoms with Crippen LogP contribution in [-0.4, -0.2) is 10.9 Å². The summed E-state index contributed by atoms with van der Waals surface area (Å²) in [5.41, 5.74) is 3.50. The largest absolute Gasteiger partial charge is 0.465 e. The van der Waals surface area contributed by atoms with E-state index in [1.54, 1.807) is 0 Å². The van der Waals surface area contributed by atoms with Crippen molar-refractivity contribution in [2.24, 2.45) is 0 Å². The quantitative estimate of drug-likeness (QED) is 0.720. The molecule has 2 heterocycles. The number of hydrogen-bond acceptors (Lipinski definition) is 3. The highest BCUT2D eigenvalue weighted by atomic mass is 35.5. The smallest absolute Gasteiger partial charge is 0.184 e. The molecule has 1 aromatic heterocycles. The van der Waals surface area contributed by atoms with Crippen LogP contribution in [0.4, 0.5) is 0 Å². The molecule has 3 nitrogen and oxygen atoms in total. The number of benzene rings is 1. The van der Waals surface area contributed by atoms with E-state index in [0.717, 1.165) is 33.8 Å². The van der Waals surface area contributed by atoms with Crippen molar-refractivity contribution in [3.63, 3.8) is 0 Å². The van der Waals surface area contributed by atoms with E-state index in [4.69, 9.17) is 20.8 Å². The summed E-state index contributed by atoms with van der Waals surface area (Å²) in [5.74, 6) is -0.130. The molecule has 126 valence electrons. The van der Waals surface area contributed by atoms with E-state index in [9.17, 15) is 5.11 Å². The lowest BCUT2D eigenvalue weighted by molar-refractivity contribution is -0.277. The van der Waals surface area contributed by atoms with Crippen LogP contribution in [0, 0.1) is 6.92 Å². The molecule has 2 aliphatic rings. The molecule has 0 radical (unpaired) electrons. The second-order valence-electron chi connectivity index (χ2n) is 7.35. The van der Waals surface area contributed by atoms with Gasteiger partial charge in [0.2, 0.25) is 0 Å². The van der Waals surface area contributed by atoms with Crippen LogP contribution in [0.25, 0.3) is 5.57 Å². The average Bonchev–Trinajstić information content (AvgIpc) is 2.82. The maximum Gasteiger partial charge on any atom is 0.184 e. The lowest BCUT2D eigenvalue weighted by Crippen LogP contribution is -2.49. The first-order valence-electron chi connectivity index (χ1n) is 8.21. The number of halogens is 1.